The van der Waals surface area contributed by atoms with Gasteiger partial charge in [0.05, 0.1) is 10.5 Å². The highest BCUT2D eigenvalue weighted by Gasteiger charge is 2.18. The van der Waals surface area contributed by atoms with Gasteiger partial charge in [-0.2, -0.15) is 0 Å². The highest BCUT2D eigenvalue weighted by Crippen LogP contribution is 2.35. The van der Waals surface area contributed by atoms with E-state index in [1.807, 2.05) is 0 Å². The van der Waals surface area contributed by atoms with Crippen molar-refractivity contribution >= 4 is 34.4 Å². The lowest BCUT2D eigenvalue weighted by Gasteiger charge is -2.19. The van der Waals surface area contributed by atoms with E-state index in [1.165, 1.54) is 24.5 Å². The first-order valence-electron chi connectivity index (χ1n) is 7.59. The van der Waals surface area contributed by atoms with Crippen molar-refractivity contribution in [2.75, 3.05) is 18.5 Å². The largest absolute Gasteiger partial charge is 0.486 e. The van der Waals surface area contributed by atoms with Gasteiger partial charge in [0.2, 0.25) is 0 Å². The number of fused-ring (bicyclic) bond motifs is 2. The number of rotatable bonds is 2. The smallest absolute Gasteiger partial charge is 0.418 e. The molecule has 0 spiro atoms. The first kappa shape index (κ1) is 16.3. The Kier molecular flexibility index (Phi) is 4.18. The van der Waals surface area contributed by atoms with Crippen molar-refractivity contribution < 1.29 is 23.4 Å². The molecule has 2 aromatic carbocycles. The van der Waals surface area contributed by atoms with E-state index in [1.54, 1.807) is 12.1 Å². The number of hydrogen-bond donors (Lipinski definition) is 1. The fourth-order valence-corrected chi connectivity index (χ4v) is 2.64. The van der Waals surface area contributed by atoms with Crippen LogP contribution in [0.3, 0.4) is 0 Å². The Bertz CT molecular complexity index is 1010. The molecule has 1 aromatic heterocycles. The zero-order valence-corrected chi connectivity index (χ0v) is 13.9. The van der Waals surface area contributed by atoms with Gasteiger partial charge in [0.1, 0.15) is 25.4 Å². The number of aromatic nitrogens is 2. The molecule has 1 aliphatic rings. The number of ether oxygens (including phenoxy) is 3. The summed E-state index contributed by atoms with van der Waals surface area (Å²) in [5.74, 6) is 0.172. The minimum Gasteiger partial charge on any atom is -0.486 e. The van der Waals surface area contributed by atoms with Crippen molar-refractivity contribution in [3.8, 4) is 17.2 Å². The number of nitrogens with zero attached hydrogens (tertiary/aromatic N) is 2. The Morgan fingerprint density at radius 3 is 2.77 bits per heavy atom. The molecule has 26 heavy (non-hydrogen) atoms. The van der Waals surface area contributed by atoms with Crippen LogP contribution in [0.4, 0.5) is 15.0 Å². The molecular weight excluding hydrogens is 365 g/mol. The summed E-state index contributed by atoms with van der Waals surface area (Å²) in [5.41, 5.74) is 0.550. The van der Waals surface area contributed by atoms with E-state index >= 15 is 0 Å². The van der Waals surface area contributed by atoms with E-state index in [9.17, 15) is 9.18 Å². The van der Waals surface area contributed by atoms with Crippen LogP contribution < -0.4 is 19.5 Å². The van der Waals surface area contributed by atoms with Gasteiger partial charge in [0, 0.05) is 11.5 Å². The number of carbonyl (C=O) groups excluding carboxylic acids is 1. The molecule has 0 saturated carbocycles. The average molecular weight is 376 g/mol. The quantitative estimate of drug-likeness (QED) is 0.733. The Morgan fingerprint density at radius 1 is 1.19 bits per heavy atom. The van der Waals surface area contributed by atoms with Crippen LogP contribution in [0.15, 0.2) is 36.7 Å². The number of halogens is 2. The van der Waals surface area contributed by atoms with Crippen molar-refractivity contribution in [1.29, 1.82) is 0 Å². The summed E-state index contributed by atoms with van der Waals surface area (Å²) in [7, 11) is 0. The molecule has 0 fully saturated rings. The SMILES string of the molecule is O=C(Nc1ncnc2cc3c(cc12)OCCO3)Oc1cccc(Cl)c1F. The molecule has 0 radical (unpaired) electrons. The molecule has 3 aromatic rings. The summed E-state index contributed by atoms with van der Waals surface area (Å²) >= 11 is 5.67. The third-order valence-electron chi connectivity index (χ3n) is 3.64. The standard InChI is InChI=1S/C17H11ClFN3O4/c18-10-2-1-3-12(15(10)19)26-17(23)22-16-9-6-13-14(25-5-4-24-13)7-11(9)20-8-21-16/h1-3,6-8H,4-5H2,(H,20,21,22,23). The molecule has 2 heterocycles. The number of benzene rings is 2. The van der Waals surface area contributed by atoms with Gasteiger partial charge < -0.3 is 14.2 Å². The van der Waals surface area contributed by atoms with Crippen LogP contribution in [-0.4, -0.2) is 29.3 Å². The second-order valence-corrected chi connectivity index (χ2v) is 5.71. The number of anilines is 1. The lowest BCUT2D eigenvalue weighted by Crippen LogP contribution is -2.19. The fraction of sp³-hybridized carbons (Fsp3) is 0.118. The van der Waals surface area contributed by atoms with Crippen LogP contribution in [0.2, 0.25) is 5.02 Å². The van der Waals surface area contributed by atoms with E-state index in [-0.39, 0.29) is 16.6 Å². The van der Waals surface area contributed by atoms with Crippen LogP contribution in [0, 0.1) is 5.82 Å². The van der Waals surface area contributed by atoms with Gasteiger partial charge in [-0.25, -0.2) is 19.2 Å². The molecular formula is C17H11ClFN3O4. The number of amides is 1. The third kappa shape index (κ3) is 3.06. The first-order chi connectivity index (χ1) is 12.6. The maximum absolute atomic E-state index is 13.8. The molecule has 4 rings (SSSR count). The summed E-state index contributed by atoms with van der Waals surface area (Å²) in [6, 6.07) is 7.47. The van der Waals surface area contributed by atoms with Crippen LogP contribution in [-0.2, 0) is 0 Å². The lowest BCUT2D eigenvalue weighted by molar-refractivity contribution is 0.172. The summed E-state index contributed by atoms with van der Waals surface area (Å²) in [4.78, 5) is 20.3. The minimum atomic E-state index is -0.916. The molecule has 9 heteroatoms. The van der Waals surface area contributed by atoms with Crippen LogP contribution in [0.5, 0.6) is 17.2 Å². The summed E-state index contributed by atoms with van der Waals surface area (Å²) in [6.45, 7) is 0.872. The maximum Gasteiger partial charge on any atom is 0.418 e. The second-order valence-electron chi connectivity index (χ2n) is 5.30. The predicted molar refractivity (Wildman–Crippen MR) is 91.6 cm³/mol. The van der Waals surface area contributed by atoms with Gasteiger partial charge >= 0.3 is 6.09 Å². The van der Waals surface area contributed by atoms with Crippen LogP contribution >= 0.6 is 11.6 Å². The van der Waals surface area contributed by atoms with E-state index in [4.69, 9.17) is 25.8 Å². The number of carbonyl (C=O) groups is 1. The molecule has 0 unspecified atom stereocenters. The fourth-order valence-electron chi connectivity index (χ4n) is 2.48. The highest BCUT2D eigenvalue weighted by atomic mass is 35.5. The molecule has 0 saturated heterocycles. The molecule has 1 aliphatic heterocycles. The van der Waals surface area contributed by atoms with Crippen molar-refractivity contribution in [1.82, 2.24) is 9.97 Å². The monoisotopic (exact) mass is 375 g/mol. The summed E-state index contributed by atoms with van der Waals surface area (Å²) < 4.78 is 29.8. The lowest BCUT2D eigenvalue weighted by atomic mass is 10.2. The van der Waals surface area contributed by atoms with Crippen LogP contribution in [0.25, 0.3) is 10.9 Å². The number of hydrogen-bond acceptors (Lipinski definition) is 6. The second kappa shape index (κ2) is 6.64. The summed E-state index contributed by atoms with van der Waals surface area (Å²) in [5, 5.41) is 2.85. The van der Waals surface area contributed by atoms with E-state index < -0.39 is 11.9 Å². The van der Waals surface area contributed by atoms with Crippen LogP contribution in [0.1, 0.15) is 0 Å². The zero-order chi connectivity index (χ0) is 18.1. The molecule has 0 bridgehead atoms. The van der Waals surface area contributed by atoms with E-state index in [0.29, 0.717) is 35.6 Å². The Morgan fingerprint density at radius 2 is 1.96 bits per heavy atom. The zero-order valence-electron chi connectivity index (χ0n) is 13.2. The molecule has 1 N–H and O–H groups in total. The molecule has 1 amide bonds. The minimum absolute atomic E-state index is 0.147. The Balaban J connectivity index is 1.62. The van der Waals surface area contributed by atoms with Gasteiger partial charge in [-0.05, 0) is 18.2 Å². The molecule has 0 atom stereocenters. The molecule has 0 aliphatic carbocycles. The van der Waals surface area contributed by atoms with Gasteiger partial charge in [-0.1, -0.05) is 17.7 Å². The first-order valence-corrected chi connectivity index (χ1v) is 7.97. The van der Waals surface area contributed by atoms with Gasteiger partial charge in [-0.3, -0.25) is 5.32 Å². The van der Waals surface area contributed by atoms with E-state index in [2.05, 4.69) is 15.3 Å². The Labute approximate surface area is 151 Å². The summed E-state index contributed by atoms with van der Waals surface area (Å²) in [6.07, 6.45) is 0.370. The molecule has 132 valence electrons. The van der Waals surface area contributed by atoms with Crippen molar-refractivity contribution in [2.24, 2.45) is 0 Å². The number of nitrogens with one attached hydrogen (secondary N) is 1. The highest BCUT2D eigenvalue weighted by molar-refractivity contribution is 6.30. The van der Waals surface area contributed by atoms with Gasteiger partial charge in [-0.15, -0.1) is 0 Å². The van der Waals surface area contributed by atoms with Crippen molar-refractivity contribution in [3.63, 3.8) is 0 Å². The van der Waals surface area contributed by atoms with Crippen molar-refractivity contribution in [2.45, 2.75) is 0 Å². The normalized spacial score (nSPS) is 12.7. The van der Waals surface area contributed by atoms with Gasteiger partial charge in [0.15, 0.2) is 23.1 Å². The Hall–Kier alpha value is -3.13. The topological polar surface area (TPSA) is 82.6 Å². The third-order valence-corrected chi connectivity index (χ3v) is 3.93. The predicted octanol–water partition coefficient (Wildman–Crippen LogP) is 3.80. The average Bonchev–Trinajstić information content (AvgIpc) is 2.64. The van der Waals surface area contributed by atoms with E-state index in [0.717, 1.165) is 0 Å². The van der Waals surface area contributed by atoms with Crippen molar-refractivity contribution in [3.05, 3.63) is 47.5 Å². The maximum atomic E-state index is 13.8. The van der Waals surface area contributed by atoms with Gasteiger partial charge in [0.25, 0.3) is 0 Å². The molecule has 7 nitrogen and oxygen atoms in total.